The Morgan fingerprint density at radius 3 is 1.78 bits per heavy atom. The number of phosphoric ester groups is 1. The number of carbonyl (C=O) groups is 1. The summed E-state index contributed by atoms with van der Waals surface area (Å²) in [7, 11) is -4.67. The van der Waals surface area contributed by atoms with Crippen LogP contribution < -0.4 is 56.3 Å². The Bertz CT molecular complexity index is 372. The Balaban J connectivity index is 0. The average Bonchev–Trinajstić information content (AvgIpc) is 2.42. The number of hydrogen-bond acceptors (Lipinski definition) is 8. The van der Waals surface area contributed by atoms with Crippen LogP contribution in [0.15, 0.2) is 12.2 Å². The topological polar surface area (TPSA) is 124 Å². The van der Waals surface area contributed by atoms with Gasteiger partial charge < -0.3 is 33.3 Å². The average molecular weight is 380 g/mol. The van der Waals surface area contributed by atoms with Crippen LogP contribution in [0.5, 0.6) is 0 Å². The van der Waals surface area contributed by atoms with E-state index in [1.165, 1.54) is 0 Å². The van der Waals surface area contributed by atoms with Gasteiger partial charge in [-0.25, -0.2) is 4.79 Å². The Kier molecular flexibility index (Phi) is 18.5. The molecule has 0 aromatic carbocycles. The number of carbonyl (C=O) groups excluding carboxylic acids is 1. The van der Waals surface area contributed by atoms with Crippen molar-refractivity contribution >= 4 is 13.8 Å². The molecule has 0 aliphatic heterocycles. The summed E-state index contributed by atoms with van der Waals surface area (Å²) < 4.78 is 34.4. The molecule has 0 spiro atoms. The minimum Gasteiger partial charge on any atom is -0.756 e. The maximum Gasteiger partial charge on any atom is 1.00 e. The Labute approximate surface area is 178 Å². The molecule has 0 saturated carbocycles. The fraction of sp³-hybridized carbons (Fsp3) is 0.750. The molecule has 1 N–H and O–H groups in total. The summed E-state index contributed by atoms with van der Waals surface area (Å²) in [6.07, 6.45) is 0. The summed E-state index contributed by atoms with van der Waals surface area (Å²) in [6.45, 7) is 6.48. The second-order valence-electron chi connectivity index (χ2n) is 4.06. The maximum atomic E-state index is 11.0. The predicted molar refractivity (Wildman–Crippen MR) is 74.0 cm³/mol. The molecule has 0 amide bonds. The van der Waals surface area contributed by atoms with Gasteiger partial charge in [0.2, 0.25) is 0 Å². The van der Waals surface area contributed by atoms with Crippen molar-refractivity contribution in [2.45, 2.75) is 6.92 Å². The van der Waals surface area contributed by atoms with Crippen molar-refractivity contribution in [1.29, 1.82) is 0 Å². The zero-order valence-corrected chi connectivity index (χ0v) is 17.5. The van der Waals surface area contributed by atoms with E-state index in [4.69, 9.17) is 23.8 Å². The zero-order valence-electron chi connectivity index (χ0n) is 13.5. The van der Waals surface area contributed by atoms with E-state index in [9.17, 15) is 14.3 Å². The van der Waals surface area contributed by atoms with Gasteiger partial charge in [-0.1, -0.05) is 6.58 Å². The van der Waals surface area contributed by atoms with E-state index in [2.05, 4.69) is 11.1 Å². The van der Waals surface area contributed by atoms with E-state index in [0.717, 1.165) is 0 Å². The minimum atomic E-state index is -4.67. The molecule has 130 valence electrons. The summed E-state index contributed by atoms with van der Waals surface area (Å²) in [5.41, 5.74) is 0.339. The van der Waals surface area contributed by atoms with Gasteiger partial charge in [0.1, 0.15) is 6.61 Å². The summed E-state index contributed by atoms with van der Waals surface area (Å²) in [4.78, 5) is 29.5. The van der Waals surface area contributed by atoms with Crippen LogP contribution in [0.2, 0.25) is 0 Å². The number of phosphoric acid groups is 1. The van der Waals surface area contributed by atoms with E-state index in [1.54, 1.807) is 6.92 Å². The number of rotatable bonds is 14. The Morgan fingerprint density at radius 2 is 1.39 bits per heavy atom. The molecule has 9 nitrogen and oxygen atoms in total. The second kappa shape index (κ2) is 16.3. The van der Waals surface area contributed by atoms with Crippen molar-refractivity contribution in [3.05, 3.63) is 12.2 Å². The van der Waals surface area contributed by atoms with Crippen molar-refractivity contribution in [2.24, 2.45) is 0 Å². The van der Waals surface area contributed by atoms with Crippen LogP contribution in [0.4, 0.5) is 0 Å². The van der Waals surface area contributed by atoms with E-state index >= 15 is 0 Å². The van der Waals surface area contributed by atoms with Crippen molar-refractivity contribution in [3.63, 3.8) is 0 Å². The quantitative estimate of drug-likeness (QED) is 0.108. The van der Waals surface area contributed by atoms with E-state index in [1.807, 2.05) is 0 Å². The van der Waals surface area contributed by atoms with Gasteiger partial charge in [0.05, 0.1) is 46.2 Å². The molecule has 0 radical (unpaired) electrons. The molecular weight excluding hydrogens is 358 g/mol. The molecule has 0 aliphatic carbocycles. The van der Waals surface area contributed by atoms with Gasteiger partial charge in [-0.05, 0) is 6.92 Å². The van der Waals surface area contributed by atoms with E-state index in [-0.39, 0.29) is 84.4 Å². The monoisotopic (exact) mass is 380 g/mol. The molecule has 0 heterocycles. The Hall–Kier alpha value is 0.836. The van der Waals surface area contributed by atoms with Crippen LogP contribution in [-0.4, -0.2) is 63.7 Å². The van der Waals surface area contributed by atoms with Crippen LogP contribution in [0.25, 0.3) is 0 Å². The molecule has 1 atom stereocenters. The summed E-state index contributed by atoms with van der Waals surface area (Å²) in [5.74, 6) is -0.449. The third-order valence-corrected chi connectivity index (χ3v) is 2.54. The van der Waals surface area contributed by atoms with Gasteiger partial charge in [-0.3, -0.25) is 4.57 Å². The Morgan fingerprint density at radius 1 is 1.00 bits per heavy atom. The summed E-state index contributed by atoms with van der Waals surface area (Å²) in [6, 6.07) is 0. The SMILES string of the molecule is C=C(C)C(=O)OCCOCCOCCOCCOP(=O)([O-])O.[K+]. The van der Waals surface area contributed by atoms with E-state index in [0.29, 0.717) is 25.4 Å². The fourth-order valence-corrected chi connectivity index (χ4v) is 1.38. The molecular formula is C12H22KO9P. The predicted octanol–water partition coefficient (Wildman–Crippen LogP) is -3.36. The zero-order chi connectivity index (χ0) is 16.8. The number of esters is 1. The van der Waals surface area contributed by atoms with Crippen molar-refractivity contribution in [2.75, 3.05) is 52.9 Å². The van der Waals surface area contributed by atoms with Crippen LogP contribution in [0.1, 0.15) is 6.92 Å². The molecule has 23 heavy (non-hydrogen) atoms. The normalized spacial score (nSPS) is 13.0. The van der Waals surface area contributed by atoms with Crippen molar-refractivity contribution in [1.82, 2.24) is 0 Å². The van der Waals surface area contributed by atoms with Gasteiger partial charge >= 0.3 is 57.4 Å². The van der Waals surface area contributed by atoms with E-state index < -0.39 is 13.8 Å². The molecule has 0 bridgehead atoms. The van der Waals surface area contributed by atoms with Gasteiger partial charge in [0.25, 0.3) is 7.82 Å². The van der Waals surface area contributed by atoms with Gasteiger partial charge in [-0.2, -0.15) is 0 Å². The van der Waals surface area contributed by atoms with Gasteiger partial charge in [0.15, 0.2) is 0 Å². The third-order valence-electron chi connectivity index (χ3n) is 2.04. The third kappa shape index (κ3) is 20.8. The summed E-state index contributed by atoms with van der Waals surface area (Å²) in [5, 5.41) is 0. The number of ether oxygens (including phenoxy) is 4. The van der Waals surface area contributed by atoms with Gasteiger partial charge in [0, 0.05) is 5.57 Å². The molecule has 0 fully saturated rings. The first-order valence-corrected chi connectivity index (χ1v) is 8.06. The van der Waals surface area contributed by atoms with Crippen LogP contribution in [0.3, 0.4) is 0 Å². The molecule has 0 saturated heterocycles. The van der Waals surface area contributed by atoms with Crippen LogP contribution in [0, 0.1) is 0 Å². The minimum absolute atomic E-state index is 0. The molecule has 0 rings (SSSR count). The smallest absolute Gasteiger partial charge is 0.756 e. The largest absolute Gasteiger partial charge is 1.00 e. The standard InChI is InChI=1S/C12H23O9P.K/c1-11(2)12(13)20-9-7-18-5-3-17-4-6-19-8-10-21-22(14,15)16;/h1,3-10H2,2H3,(H2,14,15,16);/q;+1/p-1. The van der Waals surface area contributed by atoms with Crippen molar-refractivity contribution in [3.8, 4) is 0 Å². The molecule has 0 aliphatic rings. The fourth-order valence-electron chi connectivity index (χ4n) is 1.07. The van der Waals surface area contributed by atoms with Crippen molar-refractivity contribution < 1.29 is 94.0 Å². The van der Waals surface area contributed by atoms with Gasteiger partial charge in [-0.15, -0.1) is 0 Å². The first-order valence-electron chi connectivity index (χ1n) is 6.57. The molecule has 0 aromatic rings. The first-order chi connectivity index (χ1) is 10.3. The van der Waals surface area contributed by atoms with Crippen LogP contribution >= 0.6 is 7.82 Å². The molecule has 0 aromatic heterocycles. The van der Waals surface area contributed by atoms with Crippen LogP contribution in [-0.2, 0) is 32.8 Å². The first kappa shape index (κ1) is 26.1. The second-order valence-corrected chi connectivity index (χ2v) is 5.25. The molecule has 11 heteroatoms. The summed E-state index contributed by atoms with van der Waals surface area (Å²) >= 11 is 0. The maximum absolute atomic E-state index is 11.0. The molecule has 1 unspecified atom stereocenters. The number of hydrogen-bond donors (Lipinski definition) is 1.